The van der Waals surface area contributed by atoms with E-state index in [1.807, 2.05) is 0 Å². The van der Waals surface area contributed by atoms with E-state index < -0.39 is 34.4 Å². The van der Waals surface area contributed by atoms with E-state index in [0.29, 0.717) is 11.5 Å². The molecule has 2 heterocycles. The summed E-state index contributed by atoms with van der Waals surface area (Å²) in [4.78, 5) is 37.2. The third-order valence-corrected chi connectivity index (χ3v) is 4.93. The molecular weight excluding hydrogens is 344 g/mol. The Labute approximate surface area is 138 Å². The molecule has 11 nitrogen and oxygen atoms in total. The number of carbonyl (C=O) groups is 3. The Hall–Kier alpha value is -1.92. The standard InChI is InChI=1S/C12H18N4O7S/c17-10(7-2-1-3-7)13-14-11(18)9-5-4-8-6-15(9)12(19)16(8)23-24(20,21)22/h7-9H,1-6H2,(H,13,17)(H,14,18)(H,20,21,22)/t8-,9+/m0/s1. The Morgan fingerprint density at radius 1 is 1.12 bits per heavy atom. The number of carbonyl (C=O) groups excluding carboxylic acids is 3. The largest absolute Gasteiger partial charge is 0.418 e. The van der Waals surface area contributed by atoms with Gasteiger partial charge in [0.2, 0.25) is 5.91 Å². The molecule has 1 saturated carbocycles. The molecule has 3 N–H and O–H groups in total. The molecule has 1 aliphatic carbocycles. The van der Waals surface area contributed by atoms with E-state index in [9.17, 15) is 22.8 Å². The Morgan fingerprint density at radius 2 is 1.79 bits per heavy atom. The second-order valence-corrected chi connectivity index (χ2v) is 7.12. The van der Waals surface area contributed by atoms with E-state index in [1.54, 1.807) is 0 Å². The molecule has 3 fully saturated rings. The summed E-state index contributed by atoms with van der Waals surface area (Å²) in [7, 11) is -4.82. The zero-order valence-corrected chi connectivity index (χ0v) is 13.5. The maximum atomic E-state index is 12.2. The number of nitrogens with zero attached hydrogens (tertiary/aromatic N) is 2. The second kappa shape index (κ2) is 6.18. The van der Waals surface area contributed by atoms with E-state index in [-0.39, 0.29) is 24.8 Å². The third-order valence-electron chi connectivity index (χ3n) is 4.58. The van der Waals surface area contributed by atoms with Gasteiger partial charge < -0.3 is 4.90 Å². The first-order chi connectivity index (χ1) is 11.3. The molecule has 4 amide bonds. The monoisotopic (exact) mass is 362 g/mol. The van der Waals surface area contributed by atoms with Crippen LogP contribution in [0.3, 0.4) is 0 Å². The molecule has 3 rings (SSSR count). The van der Waals surface area contributed by atoms with Crippen molar-refractivity contribution in [1.82, 2.24) is 20.8 Å². The zero-order valence-electron chi connectivity index (χ0n) is 12.7. The Morgan fingerprint density at radius 3 is 2.38 bits per heavy atom. The molecule has 24 heavy (non-hydrogen) atoms. The Balaban J connectivity index is 1.58. The van der Waals surface area contributed by atoms with Gasteiger partial charge >= 0.3 is 16.4 Å². The van der Waals surface area contributed by atoms with Gasteiger partial charge in [-0.15, -0.1) is 4.28 Å². The van der Waals surface area contributed by atoms with Crippen LogP contribution in [0.5, 0.6) is 0 Å². The molecule has 0 aromatic heterocycles. The lowest BCUT2D eigenvalue weighted by Crippen LogP contribution is -2.55. The average Bonchev–Trinajstić information content (AvgIpc) is 2.67. The first-order valence-electron chi connectivity index (χ1n) is 7.63. The first-order valence-corrected chi connectivity index (χ1v) is 8.99. The average molecular weight is 362 g/mol. The van der Waals surface area contributed by atoms with Crippen LogP contribution in [0.15, 0.2) is 0 Å². The number of nitrogens with one attached hydrogen (secondary N) is 2. The minimum atomic E-state index is -4.82. The molecule has 2 atom stereocenters. The van der Waals surface area contributed by atoms with E-state index in [1.165, 1.54) is 0 Å². The summed E-state index contributed by atoms with van der Waals surface area (Å²) in [5, 5.41) is 0.565. The fourth-order valence-electron chi connectivity index (χ4n) is 3.08. The molecule has 0 aromatic rings. The van der Waals surface area contributed by atoms with Crippen LogP contribution in [-0.2, 0) is 24.3 Å². The van der Waals surface area contributed by atoms with Crippen molar-refractivity contribution in [3.05, 3.63) is 0 Å². The molecule has 0 spiro atoms. The van der Waals surface area contributed by atoms with Crippen LogP contribution in [0.1, 0.15) is 32.1 Å². The van der Waals surface area contributed by atoms with Crippen LogP contribution in [-0.4, -0.2) is 59.4 Å². The van der Waals surface area contributed by atoms with Crippen molar-refractivity contribution < 1.29 is 31.6 Å². The van der Waals surface area contributed by atoms with Gasteiger partial charge in [-0.1, -0.05) is 6.42 Å². The van der Waals surface area contributed by atoms with Crippen molar-refractivity contribution in [2.45, 2.75) is 44.2 Å². The van der Waals surface area contributed by atoms with Crippen molar-refractivity contribution in [3.63, 3.8) is 0 Å². The quantitative estimate of drug-likeness (QED) is 0.427. The maximum Gasteiger partial charge on any atom is 0.418 e. The number of urea groups is 1. The highest BCUT2D eigenvalue weighted by Gasteiger charge is 2.49. The van der Waals surface area contributed by atoms with Gasteiger partial charge in [0.05, 0.1) is 6.04 Å². The first kappa shape index (κ1) is 16.9. The Kier molecular flexibility index (Phi) is 4.36. The topological polar surface area (TPSA) is 145 Å². The summed E-state index contributed by atoms with van der Waals surface area (Å²) in [6.45, 7) is 0.100. The maximum absolute atomic E-state index is 12.2. The fraction of sp³-hybridized carbons (Fsp3) is 0.750. The van der Waals surface area contributed by atoms with Crippen LogP contribution in [0.4, 0.5) is 4.79 Å². The van der Waals surface area contributed by atoms with Crippen LogP contribution >= 0.6 is 0 Å². The fourth-order valence-corrected chi connectivity index (χ4v) is 3.47. The van der Waals surface area contributed by atoms with Crippen LogP contribution in [0.25, 0.3) is 0 Å². The normalized spacial score (nSPS) is 27.0. The predicted octanol–water partition coefficient (Wildman–Crippen LogP) is -1.06. The van der Waals surface area contributed by atoms with Gasteiger partial charge in [0.25, 0.3) is 5.91 Å². The highest BCUT2D eigenvalue weighted by Crippen LogP contribution is 2.30. The van der Waals surface area contributed by atoms with Gasteiger partial charge in [-0.2, -0.15) is 13.5 Å². The van der Waals surface area contributed by atoms with Gasteiger partial charge in [0.15, 0.2) is 0 Å². The number of hydrogen-bond donors (Lipinski definition) is 3. The number of piperidine rings is 1. The van der Waals surface area contributed by atoms with Gasteiger partial charge in [-0.05, 0) is 25.7 Å². The van der Waals surface area contributed by atoms with Crippen molar-refractivity contribution in [2.75, 3.05) is 6.54 Å². The van der Waals surface area contributed by atoms with Crippen molar-refractivity contribution in [1.29, 1.82) is 0 Å². The summed E-state index contributed by atoms with van der Waals surface area (Å²) >= 11 is 0. The summed E-state index contributed by atoms with van der Waals surface area (Å²) in [6.07, 6.45) is 3.18. The van der Waals surface area contributed by atoms with Gasteiger partial charge in [-0.3, -0.25) is 25.0 Å². The smallest absolute Gasteiger partial charge is 0.309 e. The lowest BCUT2D eigenvalue weighted by atomic mass is 9.85. The molecule has 134 valence electrons. The van der Waals surface area contributed by atoms with Crippen molar-refractivity contribution in [2.24, 2.45) is 5.92 Å². The number of fused-ring (bicyclic) bond motifs is 2. The van der Waals surface area contributed by atoms with Gasteiger partial charge in [0.1, 0.15) is 6.04 Å². The van der Waals surface area contributed by atoms with Crippen molar-refractivity contribution in [3.8, 4) is 0 Å². The van der Waals surface area contributed by atoms with Gasteiger partial charge in [-0.25, -0.2) is 4.79 Å². The van der Waals surface area contributed by atoms with Crippen LogP contribution < -0.4 is 10.9 Å². The molecule has 12 heteroatoms. The van der Waals surface area contributed by atoms with Crippen LogP contribution in [0.2, 0.25) is 0 Å². The SMILES string of the molecule is O=C(NNC(=O)[C@H]1CC[C@H]2CN1C(=O)N2OS(=O)(=O)O)C1CCC1. The summed E-state index contributed by atoms with van der Waals surface area (Å²) in [5.41, 5.74) is 4.66. The number of hydrogen-bond acceptors (Lipinski definition) is 6. The molecule has 2 bridgehead atoms. The molecule has 2 saturated heterocycles. The van der Waals surface area contributed by atoms with Gasteiger partial charge in [0, 0.05) is 12.5 Å². The van der Waals surface area contributed by atoms with E-state index in [2.05, 4.69) is 15.1 Å². The number of amides is 4. The highest BCUT2D eigenvalue weighted by atomic mass is 32.3. The molecule has 0 aromatic carbocycles. The predicted molar refractivity (Wildman–Crippen MR) is 77.0 cm³/mol. The number of hydroxylamine groups is 2. The molecule has 2 aliphatic heterocycles. The summed E-state index contributed by atoms with van der Waals surface area (Å²) in [5.74, 6) is -0.899. The number of hydrazine groups is 1. The summed E-state index contributed by atoms with van der Waals surface area (Å²) < 4.78 is 34.6. The molecule has 3 aliphatic rings. The van der Waals surface area contributed by atoms with E-state index in [0.717, 1.165) is 24.2 Å². The molecule has 0 radical (unpaired) electrons. The van der Waals surface area contributed by atoms with Crippen molar-refractivity contribution >= 4 is 28.2 Å². The zero-order chi connectivity index (χ0) is 17.5. The van der Waals surface area contributed by atoms with E-state index >= 15 is 0 Å². The molecular formula is C12H18N4O7S. The number of rotatable bonds is 4. The lowest BCUT2D eigenvalue weighted by molar-refractivity contribution is -0.134. The second-order valence-electron chi connectivity index (χ2n) is 6.12. The third kappa shape index (κ3) is 3.30. The van der Waals surface area contributed by atoms with E-state index in [4.69, 9.17) is 4.55 Å². The molecule has 0 unspecified atom stereocenters. The summed E-state index contributed by atoms with van der Waals surface area (Å²) in [6, 6.07) is -2.22. The lowest BCUT2D eigenvalue weighted by Gasteiger charge is -2.30. The Bertz CT molecular complexity index is 662. The highest BCUT2D eigenvalue weighted by molar-refractivity contribution is 7.80. The minimum Gasteiger partial charge on any atom is -0.309 e. The van der Waals surface area contributed by atoms with Crippen LogP contribution in [0, 0.1) is 5.92 Å². The minimum absolute atomic E-state index is 0.0897.